The Morgan fingerprint density at radius 3 is 2.30 bits per heavy atom. The lowest BCUT2D eigenvalue weighted by atomic mass is 10.2. The van der Waals surface area contributed by atoms with Crippen molar-refractivity contribution in [1.82, 2.24) is 14.7 Å². The number of ether oxygens (including phenoxy) is 1. The van der Waals surface area contributed by atoms with Crippen LogP contribution in [-0.4, -0.2) is 86.2 Å². The Balaban J connectivity index is 1.63. The Labute approximate surface area is 122 Å². The smallest absolute Gasteiger partial charge is 0.236 e. The predicted octanol–water partition coefficient (Wildman–Crippen LogP) is 0.653. The first-order valence-electron chi connectivity index (χ1n) is 8.10. The van der Waals surface area contributed by atoms with Crippen LogP contribution in [0, 0.1) is 0 Å². The summed E-state index contributed by atoms with van der Waals surface area (Å²) in [4.78, 5) is 19.0. The molecule has 0 radical (unpaired) electrons. The molecule has 2 heterocycles. The Morgan fingerprint density at radius 1 is 0.950 bits per heavy atom. The molecule has 2 rings (SSSR count). The fraction of sp³-hybridized carbons (Fsp3) is 0.933. The van der Waals surface area contributed by atoms with Crippen LogP contribution in [-0.2, 0) is 9.53 Å². The van der Waals surface area contributed by atoms with Crippen molar-refractivity contribution in [2.45, 2.75) is 26.2 Å². The van der Waals surface area contributed by atoms with E-state index < -0.39 is 0 Å². The molecule has 2 saturated heterocycles. The van der Waals surface area contributed by atoms with Crippen molar-refractivity contribution in [2.75, 3.05) is 65.6 Å². The van der Waals surface area contributed by atoms with Crippen molar-refractivity contribution in [2.24, 2.45) is 0 Å². The Morgan fingerprint density at radius 2 is 1.65 bits per heavy atom. The summed E-state index contributed by atoms with van der Waals surface area (Å²) in [5.74, 6) is 0.292. The topological polar surface area (TPSA) is 36.0 Å². The molecule has 0 unspecified atom stereocenters. The average Bonchev–Trinajstić information content (AvgIpc) is 2.49. The third-order valence-electron chi connectivity index (χ3n) is 4.27. The summed E-state index contributed by atoms with van der Waals surface area (Å²) in [5.41, 5.74) is 0. The molecule has 0 atom stereocenters. The third kappa shape index (κ3) is 5.04. The molecule has 0 bridgehead atoms. The SMILES string of the molecule is CCCCCN1CCN(C(=O)CN2CCOCC2)CC1. The summed E-state index contributed by atoms with van der Waals surface area (Å²) in [6.07, 6.45) is 3.88. The van der Waals surface area contributed by atoms with E-state index in [2.05, 4.69) is 16.7 Å². The molecule has 20 heavy (non-hydrogen) atoms. The van der Waals surface area contributed by atoms with Gasteiger partial charge in [-0.1, -0.05) is 19.8 Å². The summed E-state index contributed by atoms with van der Waals surface area (Å²) in [7, 11) is 0. The van der Waals surface area contributed by atoms with Gasteiger partial charge in [0.25, 0.3) is 0 Å². The van der Waals surface area contributed by atoms with E-state index >= 15 is 0 Å². The fourth-order valence-corrected chi connectivity index (χ4v) is 2.86. The van der Waals surface area contributed by atoms with Crippen LogP contribution in [0.15, 0.2) is 0 Å². The maximum Gasteiger partial charge on any atom is 0.236 e. The van der Waals surface area contributed by atoms with Gasteiger partial charge in [-0.15, -0.1) is 0 Å². The van der Waals surface area contributed by atoms with Gasteiger partial charge in [-0.25, -0.2) is 0 Å². The van der Waals surface area contributed by atoms with Crippen LogP contribution in [0.4, 0.5) is 0 Å². The van der Waals surface area contributed by atoms with Gasteiger partial charge in [-0.3, -0.25) is 14.6 Å². The standard InChI is InChI=1S/C15H29N3O2/c1-2-3-4-5-16-6-8-18(9-7-16)15(19)14-17-10-12-20-13-11-17/h2-14H2,1H3. The van der Waals surface area contributed by atoms with Crippen molar-refractivity contribution in [3.05, 3.63) is 0 Å². The zero-order valence-electron chi connectivity index (χ0n) is 12.9. The number of hydrogen-bond acceptors (Lipinski definition) is 4. The van der Waals surface area contributed by atoms with Crippen LogP contribution in [0.5, 0.6) is 0 Å². The monoisotopic (exact) mass is 283 g/mol. The average molecular weight is 283 g/mol. The maximum absolute atomic E-state index is 12.3. The highest BCUT2D eigenvalue weighted by molar-refractivity contribution is 5.78. The van der Waals surface area contributed by atoms with Crippen LogP contribution in [0.1, 0.15) is 26.2 Å². The van der Waals surface area contributed by atoms with Crippen LogP contribution in [0.2, 0.25) is 0 Å². The third-order valence-corrected chi connectivity index (χ3v) is 4.27. The maximum atomic E-state index is 12.3. The molecule has 116 valence electrons. The van der Waals surface area contributed by atoms with Gasteiger partial charge in [0.15, 0.2) is 0 Å². The van der Waals surface area contributed by atoms with Crippen LogP contribution in [0.25, 0.3) is 0 Å². The van der Waals surface area contributed by atoms with Gasteiger partial charge in [-0.05, 0) is 13.0 Å². The predicted molar refractivity (Wildman–Crippen MR) is 79.8 cm³/mol. The molecule has 0 N–H and O–H groups in total. The number of rotatable bonds is 6. The van der Waals surface area contributed by atoms with Crippen LogP contribution < -0.4 is 0 Å². The normalized spacial score (nSPS) is 22.1. The highest BCUT2D eigenvalue weighted by Crippen LogP contribution is 2.06. The molecule has 2 aliphatic rings. The van der Waals surface area contributed by atoms with Crippen molar-refractivity contribution in [3.8, 4) is 0 Å². The van der Waals surface area contributed by atoms with E-state index in [1.165, 1.54) is 25.8 Å². The zero-order chi connectivity index (χ0) is 14.2. The molecular weight excluding hydrogens is 254 g/mol. The van der Waals surface area contributed by atoms with E-state index in [-0.39, 0.29) is 0 Å². The largest absolute Gasteiger partial charge is 0.379 e. The van der Waals surface area contributed by atoms with E-state index in [0.717, 1.165) is 52.5 Å². The highest BCUT2D eigenvalue weighted by atomic mass is 16.5. The zero-order valence-corrected chi connectivity index (χ0v) is 12.9. The molecule has 0 aliphatic carbocycles. The van der Waals surface area contributed by atoms with Crippen LogP contribution in [0.3, 0.4) is 0 Å². The minimum Gasteiger partial charge on any atom is -0.379 e. The number of carbonyl (C=O) groups excluding carboxylic acids is 1. The van der Waals surface area contributed by atoms with Crippen molar-refractivity contribution < 1.29 is 9.53 Å². The van der Waals surface area contributed by atoms with Gasteiger partial charge in [0, 0.05) is 39.3 Å². The van der Waals surface area contributed by atoms with Crippen molar-refractivity contribution in [3.63, 3.8) is 0 Å². The Bertz CT molecular complexity index is 285. The van der Waals surface area contributed by atoms with Gasteiger partial charge in [0.2, 0.25) is 5.91 Å². The second-order valence-corrected chi connectivity index (χ2v) is 5.82. The molecule has 5 nitrogen and oxygen atoms in total. The number of hydrogen-bond donors (Lipinski definition) is 0. The van der Waals surface area contributed by atoms with Gasteiger partial charge in [-0.2, -0.15) is 0 Å². The quantitative estimate of drug-likeness (QED) is 0.671. The molecule has 0 aromatic rings. The molecule has 0 spiro atoms. The van der Waals surface area contributed by atoms with Gasteiger partial charge >= 0.3 is 0 Å². The van der Waals surface area contributed by atoms with E-state index in [1.54, 1.807) is 0 Å². The van der Waals surface area contributed by atoms with Crippen molar-refractivity contribution >= 4 is 5.91 Å². The number of piperazine rings is 1. The van der Waals surface area contributed by atoms with Gasteiger partial charge < -0.3 is 9.64 Å². The van der Waals surface area contributed by atoms with Crippen LogP contribution >= 0.6 is 0 Å². The number of carbonyl (C=O) groups is 1. The number of amides is 1. The Hall–Kier alpha value is -0.650. The summed E-state index contributed by atoms with van der Waals surface area (Å²) < 4.78 is 5.31. The first kappa shape index (κ1) is 15.7. The summed E-state index contributed by atoms with van der Waals surface area (Å²) in [6, 6.07) is 0. The number of unbranched alkanes of at least 4 members (excludes halogenated alkanes) is 2. The van der Waals surface area contributed by atoms with Gasteiger partial charge in [0.1, 0.15) is 0 Å². The molecule has 0 aromatic carbocycles. The highest BCUT2D eigenvalue weighted by Gasteiger charge is 2.23. The summed E-state index contributed by atoms with van der Waals surface area (Å²) in [5, 5.41) is 0. The fourth-order valence-electron chi connectivity index (χ4n) is 2.86. The number of nitrogens with zero attached hydrogens (tertiary/aromatic N) is 3. The lowest BCUT2D eigenvalue weighted by molar-refractivity contribution is -0.135. The van der Waals surface area contributed by atoms with E-state index in [1.807, 2.05) is 4.90 Å². The summed E-state index contributed by atoms with van der Waals surface area (Å²) in [6.45, 7) is 11.2. The minimum atomic E-state index is 0.292. The van der Waals surface area contributed by atoms with E-state index in [0.29, 0.717) is 12.5 Å². The van der Waals surface area contributed by atoms with E-state index in [9.17, 15) is 4.79 Å². The Kier molecular flexibility index (Phi) is 6.76. The molecule has 1 amide bonds. The first-order chi connectivity index (χ1) is 9.79. The first-order valence-corrected chi connectivity index (χ1v) is 8.10. The molecule has 2 fully saturated rings. The summed E-state index contributed by atoms with van der Waals surface area (Å²) >= 11 is 0. The lowest BCUT2D eigenvalue weighted by Crippen LogP contribution is -2.52. The molecule has 5 heteroatoms. The van der Waals surface area contributed by atoms with E-state index in [4.69, 9.17) is 4.74 Å². The molecule has 0 saturated carbocycles. The molecular formula is C15H29N3O2. The molecule has 0 aromatic heterocycles. The number of morpholine rings is 1. The second-order valence-electron chi connectivity index (χ2n) is 5.82. The minimum absolute atomic E-state index is 0.292. The molecule has 2 aliphatic heterocycles. The second kappa shape index (κ2) is 8.60. The van der Waals surface area contributed by atoms with Gasteiger partial charge in [0.05, 0.1) is 19.8 Å². The van der Waals surface area contributed by atoms with Crippen molar-refractivity contribution in [1.29, 1.82) is 0 Å². The lowest BCUT2D eigenvalue weighted by Gasteiger charge is -2.36.